The number of hydrogen-bond acceptors (Lipinski definition) is 4. The van der Waals surface area contributed by atoms with Gasteiger partial charge in [0.2, 0.25) is 0 Å². The van der Waals surface area contributed by atoms with Crippen LogP contribution in [-0.4, -0.2) is 4.98 Å². The molecule has 0 aliphatic heterocycles. The number of para-hydroxylation sites is 1. The zero-order chi connectivity index (χ0) is 13.1. The Balaban J connectivity index is 1.70. The highest BCUT2D eigenvalue weighted by molar-refractivity contribution is 7.14. The van der Waals surface area contributed by atoms with Crippen LogP contribution in [0.2, 0.25) is 0 Å². The maximum atomic E-state index is 13.4. The van der Waals surface area contributed by atoms with E-state index in [0.29, 0.717) is 0 Å². The van der Waals surface area contributed by atoms with Crippen molar-refractivity contribution in [3.05, 3.63) is 58.0 Å². The molecule has 2 aromatic heterocycles. The average Bonchev–Trinajstić information content (AvgIpc) is 3.09. The molecule has 0 fully saturated rings. The van der Waals surface area contributed by atoms with Crippen LogP contribution in [0.4, 0.5) is 4.39 Å². The van der Waals surface area contributed by atoms with Gasteiger partial charge in [-0.25, -0.2) is 9.37 Å². The summed E-state index contributed by atoms with van der Waals surface area (Å²) in [7, 11) is 0. The summed E-state index contributed by atoms with van der Waals surface area (Å²) in [5.74, 6) is -0.0941. The molecule has 19 heavy (non-hydrogen) atoms. The van der Waals surface area contributed by atoms with Crippen LogP contribution in [0.25, 0.3) is 10.6 Å². The van der Waals surface area contributed by atoms with Crippen molar-refractivity contribution in [1.82, 2.24) is 4.98 Å². The van der Waals surface area contributed by atoms with Gasteiger partial charge in [-0.2, -0.15) is 11.3 Å². The number of nitrogens with zero attached hydrogens (tertiary/aromatic N) is 1. The molecule has 0 saturated heterocycles. The lowest BCUT2D eigenvalue weighted by molar-refractivity contribution is 0.287. The predicted octanol–water partition coefficient (Wildman–Crippen LogP) is 4.59. The largest absolute Gasteiger partial charge is 0.484 e. The lowest BCUT2D eigenvalue weighted by atomic mass is 10.3. The average molecular weight is 291 g/mol. The van der Waals surface area contributed by atoms with E-state index >= 15 is 0 Å². The van der Waals surface area contributed by atoms with E-state index < -0.39 is 0 Å². The molecule has 5 heteroatoms. The van der Waals surface area contributed by atoms with Crippen LogP contribution in [0.1, 0.15) is 5.69 Å². The molecule has 0 bridgehead atoms. The number of hydrogen-bond donors (Lipinski definition) is 0. The molecule has 96 valence electrons. The fourth-order valence-corrected chi connectivity index (χ4v) is 3.12. The van der Waals surface area contributed by atoms with Gasteiger partial charge in [0.1, 0.15) is 11.6 Å². The van der Waals surface area contributed by atoms with E-state index in [1.165, 1.54) is 6.07 Å². The summed E-state index contributed by atoms with van der Waals surface area (Å²) in [6, 6.07) is 8.41. The van der Waals surface area contributed by atoms with E-state index in [9.17, 15) is 4.39 Å². The van der Waals surface area contributed by atoms with E-state index in [4.69, 9.17) is 4.74 Å². The van der Waals surface area contributed by atoms with Gasteiger partial charge < -0.3 is 4.74 Å². The van der Waals surface area contributed by atoms with Gasteiger partial charge in [-0.1, -0.05) is 12.1 Å². The Morgan fingerprint density at radius 2 is 2.05 bits per heavy atom. The monoisotopic (exact) mass is 291 g/mol. The molecule has 0 amide bonds. The molecule has 0 saturated carbocycles. The molecule has 0 aliphatic rings. The number of rotatable bonds is 4. The second kappa shape index (κ2) is 5.50. The van der Waals surface area contributed by atoms with E-state index in [-0.39, 0.29) is 18.2 Å². The topological polar surface area (TPSA) is 22.1 Å². The Hall–Kier alpha value is -1.72. The van der Waals surface area contributed by atoms with Crippen LogP contribution < -0.4 is 4.74 Å². The summed E-state index contributed by atoms with van der Waals surface area (Å²) in [5, 5.41) is 6.98. The van der Waals surface area contributed by atoms with Crippen molar-refractivity contribution in [2.24, 2.45) is 0 Å². The molecule has 0 spiro atoms. The molecule has 3 aromatic rings. The summed E-state index contributed by atoms with van der Waals surface area (Å²) >= 11 is 3.21. The molecule has 0 atom stereocenters. The Labute approximate surface area is 118 Å². The van der Waals surface area contributed by atoms with Gasteiger partial charge in [-0.3, -0.25) is 0 Å². The molecule has 0 N–H and O–H groups in total. The third-order valence-electron chi connectivity index (χ3n) is 2.53. The van der Waals surface area contributed by atoms with Gasteiger partial charge in [0.25, 0.3) is 0 Å². The van der Waals surface area contributed by atoms with Crippen LogP contribution in [0.15, 0.2) is 46.5 Å². The van der Waals surface area contributed by atoms with Gasteiger partial charge in [-0.05, 0) is 23.6 Å². The Kier molecular flexibility index (Phi) is 3.57. The minimum Gasteiger partial charge on any atom is -0.484 e. The highest BCUT2D eigenvalue weighted by atomic mass is 32.1. The predicted molar refractivity (Wildman–Crippen MR) is 76.2 cm³/mol. The number of halogens is 1. The smallest absolute Gasteiger partial charge is 0.165 e. The summed E-state index contributed by atoms with van der Waals surface area (Å²) in [6.45, 7) is 0.279. The van der Waals surface area contributed by atoms with Crippen molar-refractivity contribution in [2.75, 3.05) is 0 Å². The van der Waals surface area contributed by atoms with Crippen LogP contribution >= 0.6 is 22.7 Å². The van der Waals surface area contributed by atoms with Gasteiger partial charge in [0, 0.05) is 16.3 Å². The normalized spacial score (nSPS) is 10.6. The van der Waals surface area contributed by atoms with Crippen molar-refractivity contribution in [3.63, 3.8) is 0 Å². The first kappa shape index (κ1) is 12.3. The third-order valence-corrected chi connectivity index (χ3v) is 4.16. The van der Waals surface area contributed by atoms with Gasteiger partial charge in [0.15, 0.2) is 11.6 Å². The van der Waals surface area contributed by atoms with E-state index in [2.05, 4.69) is 10.4 Å². The molecule has 2 heterocycles. The summed E-state index contributed by atoms with van der Waals surface area (Å²) in [4.78, 5) is 4.48. The summed E-state index contributed by atoms with van der Waals surface area (Å²) < 4.78 is 18.8. The molecule has 1 aromatic carbocycles. The standard InChI is InChI=1S/C14H10FNOS2/c15-12-3-1-2-4-13(12)17-7-11-9-19-14(16-11)10-5-6-18-8-10/h1-6,8-9H,7H2. The van der Waals surface area contributed by atoms with Crippen LogP contribution in [0, 0.1) is 5.82 Å². The van der Waals surface area contributed by atoms with Crippen molar-refractivity contribution in [1.29, 1.82) is 0 Å². The number of benzene rings is 1. The zero-order valence-electron chi connectivity index (χ0n) is 9.88. The lowest BCUT2D eigenvalue weighted by Crippen LogP contribution is -1.97. The van der Waals surface area contributed by atoms with Crippen molar-refractivity contribution in [2.45, 2.75) is 6.61 Å². The molecule has 3 rings (SSSR count). The first-order valence-corrected chi connectivity index (χ1v) is 7.49. The number of ether oxygens (including phenoxy) is 1. The Morgan fingerprint density at radius 3 is 2.84 bits per heavy atom. The Morgan fingerprint density at radius 1 is 1.16 bits per heavy atom. The highest BCUT2D eigenvalue weighted by Crippen LogP contribution is 2.26. The van der Waals surface area contributed by atoms with Gasteiger partial charge >= 0.3 is 0 Å². The maximum Gasteiger partial charge on any atom is 0.165 e. The SMILES string of the molecule is Fc1ccccc1OCc1csc(-c2ccsc2)n1. The number of thiophene rings is 1. The van der Waals surface area contributed by atoms with Gasteiger partial charge in [0.05, 0.1) is 5.69 Å². The summed E-state index contributed by atoms with van der Waals surface area (Å²) in [5.41, 5.74) is 1.93. The van der Waals surface area contributed by atoms with Gasteiger partial charge in [-0.15, -0.1) is 11.3 Å². The lowest BCUT2D eigenvalue weighted by Gasteiger charge is -2.04. The first-order valence-electron chi connectivity index (χ1n) is 5.67. The molecular formula is C14H10FNOS2. The Bertz CT molecular complexity index is 664. The number of thiazole rings is 1. The third kappa shape index (κ3) is 2.83. The minimum absolute atomic E-state index is 0.257. The maximum absolute atomic E-state index is 13.4. The highest BCUT2D eigenvalue weighted by Gasteiger charge is 2.07. The molecular weight excluding hydrogens is 281 g/mol. The van der Waals surface area contributed by atoms with Crippen molar-refractivity contribution >= 4 is 22.7 Å². The van der Waals surface area contributed by atoms with Crippen molar-refractivity contribution in [3.8, 4) is 16.3 Å². The molecule has 0 aliphatic carbocycles. The minimum atomic E-state index is -0.351. The molecule has 0 radical (unpaired) electrons. The van der Waals surface area contributed by atoms with Crippen LogP contribution in [0.5, 0.6) is 5.75 Å². The molecule has 2 nitrogen and oxygen atoms in total. The number of aromatic nitrogens is 1. The van der Waals surface area contributed by atoms with Crippen molar-refractivity contribution < 1.29 is 9.13 Å². The first-order chi connectivity index (χ1) is 9.33. The zero-order valence-corrected chi connectivity index (χ0v) is 11.5. The van der Waals surface area contributed by atoms with E-state index in [1.54, 1.807) is 40.9 Å². The van der Waals surface area contributed by atoms with Crippen LogP contribution in [-0.2, 0) is 6.61 Å². The summed E-state index contributed by atoms with van der Waals surface area (Å²) in [6.07, 6.45) is 0. The van der Waals surface area contributed by atoms with E-state index in [1.807, 2.05) is 16.8 Å². The molecule has 0 unspecified atom stereocenters. The van der Waals surface area contributed by atoms with E-state index in [0.717, 1.165) is 16.3 Å². The van der Waals surface area contributed by atoms with Crippen LogP contribution in [0.3, 0.4) is 0 Å². The second-order valence-electron chi connectivity index (χ2n) is 3.88. The fraction of sp³-hybridized carbons (Fsp3) is 0.0714. The second-order valence-corrected chi connectivity index (χ2v) is 5.51. The quantitative estimate of drug-likeness (QED) is 0.701. The fourth-order valence-electron chi connectivity index (χ4n) is 1.61.